The summed E-state index contributed by atoms with van der Waals surface area (Å²) in [6.45, 7) is 11.6. The molecule has 2 amide bonds. The van der Waals surface area contributed by atoms with Crippen LogP contribution in [0.3, 0.4) is 0 Å². The van der Waals surface area contributed by atoms with Crippen molar-refractivity contribution < 1.29 is 14.7 Å². The first-order chi connectivity index (χ1) is 9.36. The number of hydrogen-bond donors (Lipinski definition) is 1. The first-order valence-electron chi connectivity index (χ1n) is 7.28. The van der Waals surface area contributed by atoms with E-state index in [4.69, 9.17) is 0 Å². The van der Waals surface area contributed by atoms with Gasteiger partial charge in [-0.25, -0.2) is 4.79 Å². The van der Waals surface area contributed by atoms with Crippen molar-refractivity contribution in [1.82, 2.24) is 9.80 Å². The SMILES string of the molecule is C=C(C)CN(CC)C(=O)N1CCC(CCC)(C(=O)O)C1. The molecular weight excluding hydrogens is 256 g/mol. The van der Waals surface area contributed by atoms with E-state index in [2.05, 4.69) is 6.58 Å². The Kier molecular flexibility index (Phi) is 5.60. The van der Waals surface area contributed by atoms with E-state index in [1.54, 1.807) is 9.80 Å². The molecule has 0 bridgehead atoms. The highest BCUT2D eigenvalue weighted by Crippen LogP contribution is 2.36. The standard InChI is InChI=1S/C15H26N2O3/c1-5-7-15(13(18)19)8-9-17(11-15)14(20)16(6-2)10-12(3)4/h3,5-11H2,1-2,4H3,(H,18,19). The number of likely N-dealkylation sites (N-methyl/N-ethyl adjacent to an activating group) is 1. The van der Waals surface area contributed by atoms with E-state index in [0.717, 1.165) is 12.0 Å². The minimum atomic E-state index is -0.780. The molecule has 1 saturated heterocycles. The van der Waals surface area contributed by atoms with Crippen LogP contribution in [0.15, 0.2) is 12.2 Å². The Balaban J connectivity index is 2.77. The summed E-state index contributed by atoms with van der Waals surface area (Å²) in [4.78, 5) is 27.4. The number of amides is 2. The highest BCUT2D eigenvalue weighted by Gasteiger charge is 2.45. The van der Waals surface area contributed by atoms with Gasteiger partial charge in [0, 0.05) is 26.2 Å². The number of nitrogens with zero attached hydrogens (tertiary/aromatic N) is 2. The molecule has 114 valence electrons. The fourth-order valence-electron chi connectivity index (χ4n) is 2.84. The maximum Gasteiger partial charge on any atom is 0.320 e. The van der Waals surface area contributed by atoms with Gasteiger partial charge < -0.3 is 14.9 Å². The van der Waals surface area contributed by atoms with Gasteiger partial charge in [-0.05, 0) is 26.7 Å². The van der Waals surface area contributed by atoms with Gasteiger partial charge in [-0.1, -0.05) is 25.5 Å². The number of aliphatic carboxylic acids is 1. The number of hydrogen-bond acceptors (Lipinski definition) is 2. The molecule has 1 atom stereocenters. The van der Waals surface area contributed by atoms with Gasteiger partial charge in [0.05, 0.1) is 5.41 Å². The number of carbonyl (C=O) groups excluding carboxylic acids is 1. The summed E-state index contributed by atoms with van der Waals surface area (Å²) in [5.74, 6) is -0.780. The number of rotatable bonds is 6. The molecule has 0 radical (unpaired) electrons. The van der Waals surface area contributed by atoms with Crippen LogP contribution in [0, 0.1) is 5.41 Å². The number of likely N-dealkylation sites (tertiary alicyclic amines) is 1. The lowest BCUT2D eigenvalue weighted by Gasteiger charge is -2.29. The first kappa shape index (κ1) is 16.5. The predicted octanol–water partition coefficient (Wildman–Crippen LogP) is 2.58. The Morgan fingerprint density at radius 2 is 2.05 bits per heavy atom. The lowest BCUT2D eigenvalue weighted by atomic mass is 9.83. The van der Waals surface area contributed by atoms with Crippen molar-refractivity contribution in [3.05, 3.63) is 12.2 Å². The molecule has 1 heterocycles. The molecule has 1 aliphatic heterocycles. The number of carboxylic acid groups (broad SMARTS) is 1. The zero-order valence-corrected chi connectivity index (χ0v) is 12.8. The van der Waals surface area contributed by atoms with Crippen LogP contribution in [0.2, 0.25) is 0 Å². The van der Waals surface area contributed by atoms with Crippen LogP contribution in [-0.2, 0) is 4.79 Å². The van der Waals surface area contributed by atoms with Gasteiger partial charge in [-0.15, -0.1) is 0 Å². The Hall–Kier alpha value is -1.52. The Bertz CT molecular complexity index is 395. The van der Waals surface area contributed by atoms with Crippen molar-refractivity contribution in [1.29, 1.82) is 0 Å². The van der Waals surface area contributed by atoms with Gasteiger partial charge in [0.15, 0.2) is 0 Å². The molecule has 0 saturated carbocycles. The Morgan fingerprint density at radius 1 is 1.40 bits per heavy atom. The van der Waals surface area contributed by atoms with E-state index < -0.39 is 11.4 Å². The second-order valence-corrected chi connectivity index (χ2v) is 5.76. The van der Waals surface area contributed by atoms with Gasteiger partial charge in [-0.2, -0.15) is 0 Å². The van der Waals surface area contributed by atoms with Crippen LogP contribution in [0.4, 0.5) is 4.79 Å². The quantitative estimate of drug-likeness (QED) is 0.762. The topological polar surface area (TPSA) is 60.9 Å². The van der Waals surface area contributed by atoms with E-state index >= 15 is 0 Å². The van der Waals surface area contributed by atoms with Gasteiger partial charge in [0.1, 0.15) is 0 Å². The summed E-state index contributed by atoms with van der Waals surface area (Å²) in [5, 5.41) is 9.47. The number of carboxylic acids is 1. The maximum absolute atomic E-state index is 12.4. The van der Waals surface area contributed by atoms with Crippen molar-refractivity contribution in [2.24, 2.45) is 5.41 Å². The van der Waals surface area contributed by atoms with E-state index in [1.807, 2.05) is 20.8 Å². The van der Waals surface area contributed by atoms with Crippen molar-refractivity contribution in [2.75, 3.05) is 26.2 Å². The third kappa shape index (κ3) is 3.52. The molecule has 1 fully saturated rings. The molecule has 0 spiro atoms. The third-order valence-corrected chi connectivity index (χ3v) is 3.92. The summed E-state index contributed by atoms with van der Waals surface area (Å²) in [6.07, 6.45) is 1.99. The Labute approximate surface area is 121 Å². The fraction of sp³-hybridized carbons (Fsp3) is 0.733. The molecule has 0 aliphatic carbocycles. The smallest absolute Gasteiger partial charge is 0.320 e. The zero-order valence-electron chi connectivity index (χ0n) is 12.8. The van der Waals surface area contributed by atoms with Crippen molar-refractivity contribution in [3.8, 4) is 0 Å². The van der Waals surface area contributed by atoms with E-state index in [1.165, 1.54) is 0 Å². The summed E-state index contributed by atoms with van der Waals surface area (Å²) < 4.78 is 0. The van der Waals surface area contributed by atoms with Crippen LogP contribution in [-0.4, -0.2) is 53.1 Å². The first-order valence-corrected chi connectivity index (χ1v) is 7.28. The molecule has 5 nitrogen and oxygen atoms in total. The van der Waals surface area contributed by atoms with Crippen molar-refractivity contribution in [2.45, 2.75) is 40.0 Å². The Morgan fingerprint density at radius 3 is 2.50 bits per heavy atom. The lowest BCUT2D eigenvalue weighted by molar-refractivity contribution is -0.148. The minimum Gasteiger partial charge on any atom is -0.481 e. The monoisotopic (exact) mass is 282 g/mol. The normalized spacial score (nSPS) is 21.9. The molecule has 1 rings (SSSR count). The summed E-state index contributed by atoms with van der Waals surface area (Å²) >= 11 is 0. The van der Waals surface area contributed by atoms with Gasteiger partial charge in [0.2, 0.25) is 0 Å². The van der Waals surface area contributed by atoms with Crippen LogP contribution < -0.4 is 0 Å². The van der Waals surface area contributed by atoms with E-state index in [0.29, 0.717) is 39.0 Å². The molecule has 1 unspecified atom stereocenters. The largest absolute Gasteiger partial charge is 0.481 e. The van der Waals surface area contributed by atoms with Crippen molar-refractivity contribution in [3.63, 3.8) is 0 Å². The molecule has 20 heavy (non-hydrogen) atoms. The van der Waals surface area contributed by atoms with E-state index in [-0.39, 0.29) is 6.03 Å². The fourth-order valence-corrected chi connectivity index (χ4v) is 2.84. The number of urea groups is 1. The molecule has 1 aliphatic rings. The second kappa shape index (κ2) is 6.77. The van der Waals surface area contributed by atoms with Gasteiger partial charge in [-0.3, -0.25) is 4.79 Å². The lowest BCUT2D eigenvalue weighted by Crippen LogP contribution is -2.44. The molecule has 0 aromatic rings. The zero-order chi connectivity index (χ0) is 15.3. The third-order valence-electron chi connectivity index (χ3n) is 3.92. The van der Waals surface area contributed by atoms with Gasteiger partial charge in [0.25, 0.3) is 0 Å². The maximum atomic E-state index is 12.4. The molecule has 0 aromatic heterocycles. The highest BCUT2D eigenvalue weighted by molar-refractivity contribution is 5.80. The predicted molar refractivity (Wildman–Crippen MR) is 78.6 cm³/mol. The number of carbonyl (C=O) groups is 2. The van der Waals surface area contributed by atoms with E-state index in [9.17, 15) is 14.7 Å². The van der Waals surface area contributed by atoms with Crippen molar-refractivity contribution >= 4 is 12.0 Å². The summed E-state index contributed by atoms with van der Waals surface area (Å²) in [6, 6.07) is -0.0743. The van der Waals surface area contributed by atoms with Gasteiger partial charge >= 0.3 is 12.0 Å². The van der Waals surface area contributed by atoms with Crippen LogP contribution in [0.5, 0.6) is 0 Å². The molecule has 5 heteroatoms. The summed E-state index contributed by atoms with van der Waals surface area (Å²) in [5.41, 5.74) is 0.171. The average molecular weight is 282 g/mol. The molecular formula is C15H26N2O3. The minimum absolute atomic E-state index is 0.0743. The van der Waals surface area contributed by atoms with Crippen LogP contribution in [0.1, 0.15) is 40.0 Å². The molecule has 0 aromatic carbocycles. The van der Waals surface area contributed by atoms with Crippen LogP contribution in [0.25, 0.3) is 0 Å². The van der Waals surface area contributed by atoms with Crippen LogP contribution >= 0.6 is 0 Å². The summed E-state index contributed by atoms with van der Waals surface area (Å²) in [7, 11) is 0. The second-order valence-electron chi connectivity index (χ2n) is 5.76. The molecule has 1 N–H and O–H groups in total. The highest BCUT2D eigenvalue weighted by atomic mass is 16.4. The average Bonchev–Trinajstić information content (AvgIpc) is 2.81.